The van der Waals surface area contributed by atoms with Crippen molar-refractivity contribution in [3.8, 4) is 0 Å². The van der Waals surface area contributed by atoms with Gasteiger partial charge in [0.05, 0.1) is 26.0 Å². The lowest BCUT2D eigenvalue weighted by Crippen LogP contribution is -2.07. The van der Waals surface area contributed by atoms with Crippen molar-refractivity contribution in [2.75, 3.05) is 13.7 Å². The summed E-state index contributed by atoms with van der Waals surface area (Å²) in [4.78, 5) is 1.37. The molecule has 0 unspecified atom stereocenters. The van der Waals surface area contributed by atoms with Gasteiger partial charge < -0.3 is 14.5 Å². The Labute approximate surface area is 105 Å². The molecule has 0 saturated heterocycles. The molecule has 2 rings (SSSR count). The van der Waals surface area contributed by atoms with Crippen molar-refractivity contribution < 1.29 is 9.15 Å². The van der Waals surface area contributed by atoms with Crippen molar-refractivity contribution in [1.29, 1.82) is 0 Å². The Balaban J connectivity index is 1.72. The van der Waals surface area contributed by atoms with Crippen LogP contribution < -0.4 is 5.32 Å². The maximum Gasteiger partial charge on any atom is 0.123 e. The molecular formula is C13H17NO2S. The first-order valence-corrected chi connectivity index (χ1v) is 6.58. The number of hydrogen-bond acceptors (Lipinski definition) is 4. The molecule has 0 fully saturated rings. The van der Waals surface area contributed by atoms with E-state index in [1.54, 1.807) is 17.6 Å². The zero-order valence-electron chi connectivity index (χ0n) is 9.94. The van der Waals surface area contributed by atoms with Crippen LogP contribution in [0.15, 0.2) is 34.3 Å². The highest BCUT2D eigenvalue weighted by Gasteiger charge is 2.05. The van der Waals surface area contributed by atoms with Gasteiger partial charge in [-0.1, -0.05) is 6.07 Å². The minimum atomic E-state index is 0.624. The summed E-state index contributed by atoms with van der Waals surface area (Å²) in [6, 6.07) is 6.18. The summed E-state index contributed by atoms with van der Waals surface area (Å²) in [5, 5.41) is 5.17. The maximum atomic E-state index is 5.66. The molecule has 0 aliphatic rings. The van der Waals surface area contributed by atoms with Crippen LogP contribution in [0, 0.1) is 0 Å². The van der Waals surface area contributed by atoms with Crippen molar-refractivity contribution in [3.05, 3.63) is 46.0 Å². The summed E-state index contributed by atoms with van der Waals surface area (Å²) >= 11 is 1.77. The lowest BCUT2D eigenvalue weighted by molar-refractivity contribution is 0.123. The van der Waals surface area contributed by atoms with Gasteiger partial charge in [-0.3, -0.25) is 0 Å². The van der Waals surface area contributed by atoms with Gasteiger partial charge in [-0.25, -0.2) is 0 Å². The van der Waals surface area contributed by atoms with Gasteiger partial charge in [0.1, 0.15) is 5.76 Å². The summed E-state index contributed by atoms with van der Waals surface area (Å²) < 4.78 is 11.0. The number of thiophene rings is 1. The molecule has 2 aromatic heterocycles. The molecule has 0 radical (unpaired) electrons. The van der Waals surface area contributed by atoms with Gasteiger partial charge in [-0.15, -0.1) is 11.3 Å². The molecular weight excluding hydrogens is 234 g/mol. The average Bonchev–Trinajstić information content (AvgIpc) is 2.96. The van der Waals surface area contributed by atoms with E-state index in [2.05, 4.69) is 22.8 Å². The second-order valence-corrected chi connectivity index (χ2v) is 4.81. The first-order chi connectivity index (χ1) is 8.40. The molecule has 3 nitrogen and oxygen atoms in total. The smallest absolute Gasteiger partial charge is 0.123 e. The largest absolute Gasteiger partial charge is 0.468 e. The minimum absolute atomic E-state index is 0.624. The van der Waals surface area contributed by atoms with E-state index in [0.717, 1.165) is 30.9 Å². The fourth-order valence-corrected chi connectivity index (χ4v) is 2.31. The molecule has 0 bridgehead atoms. The second kappa shape index (κ2) is 6.59. The van der Waals surface area contributed by atoms with Crippen LogP contribution in [0.5, 0.6) is 0 Å². The number of furan rings is 1. The van der Waals surface area contributed by atoms with Crippen LogP contribution in [0.1, 0.15) is 16.2 Å². The molecule has 2 heterocycles. The van der Waals surface area contributed by atoms with Gasteiger partial charge in [0.25, 0.3) is 0 Å². The molecule has 0 aromatic carbocycles. The van der Waals surface area contributed by atoms with E-state index in [9.17, 15) is 0 Å². The molecule has 0 spiro atoms. The summed E-state index contributed by atoms with van der Waals surface area (Å²) in [6.07, 6.45) is 2.70. The van der Waals surface area contributed by atoms with E-state index < -0.39 is 0 Å². The number of ether oxygens (including phenoxy) is 1. The predicted molar refractivity (Wildman–Crippen MR) is 69.2 cm³/mol. The predicted octanol–water partition coefficient (Wildman–Crippen LogP) is 2.82. The van der Waals surface area contributed by atoms with Crippen molar-refractivity contribution in [2.24, 2.45) is 0 Å². The molecule has 0 amide bonds. The van der Waals surface area contributed by atoms with Crippen LogP contribution in [-0.4, -0.2) is 13.7 Å². The topological polar surface area (TPSA) is 34.4 Å². The molecule has 0 saturated carbocycles. The Morgan fingerprint density at radius 1 is 1.41 bits per heavy atom. The van der Waals surface area contributed by atoms with Crippen LogP contribution in [0.25, 0.3) is 0 Å². The third-order valence-corrected chi connectivity index (χ3v) is 3.44. The summed E-state index contributed by atoms with van der Waals surface area (Å²) in [5.41, 5.74) is 1.13. The van der Waals surface area contributed by atoms with E-state index in [4.69, 9.17) is 9.15 Å². The van der Waals surface area contributed by atoms with Gasteiger partial charge in [-0.2, -0.15) is 0 Å². The zero-order valence-corrected chi connectivity index (χ0v) is 10.8. The molecule has 0 aliphatic heterocycles. The molecule has 17 heavy (non-hydrogen) atoms. The Kier molecular flexibility index (Phi) is 4.79. The van der Waals surface area contributed by atoms with Gasteiger partial charge in [0.15, 0.2) is 0 Å². The van der Waals surface area contributed by atoms with Crippen molar-refractivity contribution in [3.63, 3.8) is 0 Å². The second-order valence-electron chi connectivity index (χ2n) is 3.78. The Hall–Kier alpha value is -1.10. The normalized spacial score (nSPS) is 10.9. The van der Waals surface area contributed by atoms with Crippen LogP contribution in [0.2, 0.25) is 0 Å². The summed E-state index contributed by atoms with van der Waals surface area (Å²) in [7, 11) is 1.91. The Morgan fingerprint density at radius 3 is 3.12 bits per heavy atom. The summed E-state index contributed by atoms with van der Waals surface area (Å²) in [6.45, 7) is 2.13. The SMILES string of the molecule is CNCc1occc1COCCc1cccs1. The first kappa shape index (κ1) is 12.4. The number of nitrogens with one attached hydrogen (secondary N) is 1. The molecule has 0 atom stereocenters. The van der Waals surface area contributed by atoms with E-state index in [0.29, 0.717) is 6.61 Å². The standard InChI is InChI=1S/C13H17NO2S/c1-14-9-13-11(4-7-16-13)10-15-6-5-12-3-2-8-17-12/h2-4,7-8,14H,5-6,9-10H2,1H3. The van der Waals surface area contributed by atoms with Crippen molar-refractivity contribution in [1.82, 2.24) is 5.32 Å². The van der Waals surface area contributed by atoms with Crippen LogP contribution in [0.3, 0.4) is 0 Å². The maximum absolute atomic E-state index is 5.66. The monoisotopic (exact) mass is 251 g/mol. The van der Waals surface area contributed by atoms with Gasteiger partial charge >= 0.3 is 0 Å². The molecule has 2 aromatic rings. The summed E-state index contributed by atoms with van der Waals surface area (Å²) in [5.74, 6) is 0.962. The molecule has 1 N–H and O–H groups in total. The fraction of sp³-hybridized carbons (Fsp3) is 0.385. The fourth-order valence-electron chi connectivity index (χ4n) is 1.62. The van der Waals surface area contributed by atoms with Crippen LogP contribution in [0.4, 0.5) is 0 Å². The molecule has 0 aliphatic carbocycles. The van der Waals surface area contributed by atoms with Gasteiger partial charge in [-0.05, 0) is 24.6 Å². The van der Waals surface area contributed by atoms with Crippen molar-refractivity contribution in [2.45, 2.75) is 19.6 Å². The van der Waals surface area contributed by atoms with E-state index in [1.807, 2.05) is 13.1 Å². The Bertz CT molecular complexity index is 422. The van der Waals surface area contributed by atoms with Crippen LogP contribution >= 0.6 is 11.3 Å². The number of rotatable bonds is 7. The highest BCUT2D eigenvalue weighted by atomic mass is 32.1. The first-order valence-electron chi connectivity index (χ1n) is 5.70. The average molecular weight is 251 g/mol. The van der Waals surface area contributed by atoms with Crippen molar-refractivity contribution >= 4 is 11.3 Å². The number of hydrogen-bond donors (Lipinski definition) is 1. The van der Waals surface area contributed by atoms with E-state index >= 15 is 0 Å². The van der Waals surface area contributed by atoms with Gasteiger partial charge in [0, 0.05) is 16.9 Å². The molecule has 4 heteroatoms. The highest BCUT2D eigenvalue weighted by Crippen LogP contribution is 2.13. The lowest BCUT2D eigenvalue weighted by atomic mass is 10.2. The quantitative estimate of drug-likeness (QED) is 0.768. The lowest BCUT2D eigenvalue weighted by Gasteiger charge is -2.03. The van der Waals surface area contributed by atoms with E-state index in [-0.39, 0.29) is 0 Å². The van der Waals surface area contributed by atoms with Crippen LogP contribution in [-0.2, 0) is 24.3 Å². The Morgan fingerprint density at radius 2 is 2.35 bits per heavy atom. The zero-order chi connectivity index (χ0) is 11.9. The molecule has 92 valence electrons. The highest BCUT2D eigenvalue weighted by molar-refractivity contribution is 7.09. The third kappa shape index (κ3) is 3.70. The minimum Gasteiger partial charge on any atom is -0.468 e. The third-order valence-electron chi connectivity index (χ3n) is 2.51. The van der Waals surface area contributed by atoms with E-state index in [1.165, 1.54) is 4.88 Å². The van der Waals surface area contributed by atoms with Gasteiger partial charge in [0.2, 0.25) is 0 Å².